The Morgan fingerprint density at radius 3 is 2.68 bits per heavy atom. The maximum Gasteiger partial charge on any atom is 0.254 e. The Morgan fingerprint density at radius 1 is 1.23 bits per heavy atom. The van der Waals surface area contributed by atoms with E-state index in [9.17, 15) is 14.0 Å². The Morgan fingerprint density at radius 2 is 2.03 bits per heavy atom. The van der Waals surface area contributed by atoms with Gasteiger partial charge in [0, 0.05) is 44.0 Å². The minimum atomic E-state index is -0.404. The molecule has 0 spiro atoms. The Hall–Kier alpha value is -3.73. The van der Waals surface area contributed by atoms with E-state index < -0.39 is 5.82 Å². The van der Waals surface area contributed by atoms with Crippen molar-refractivity contribution in [2.75, 3.05) is 37.6 Å². The highest BCUT2D eigenvalue weighted by Crippen LogP contribution is 2.27. The van der Waals surface area contributed by atoms with Crippen molar-refractivity contribution in [2.45, 2.75) is 6.61 Å². The van der Waals surface area contributed by atoms with Crippen LogP contribution in [0, 0.1) is 5.82 Å². The van der Waals surface area contributed by atoms with Crippen LogP contribution in [0.5, 0.6) is 0 Å². The van der Waals surface area contributed by atoms with E-state index in [4.69, 9.17) is 9.63 Å². The van der Waals surface area contributed by atoms with Gasteiger partial charge in [-0.15, -0.1) is 0 Å². The molecule has 2 aromatic heterocycles. The number of aromatic nitrogens is 3. The molecule has 0 bridgehead atoms. The zero-order valence-corrected chi connectivity index (χ0v) is 16.5. The molecule has 3 heterocycles. The van der Waals surface area contributed by atoms with E-state index in [1.807, 2.05) is 4.90 Å². The number of nitrogens with zero attached hydrogens (tertiary/aromatic N) is 4. The van der Waals surface area contributed by atoms with E-state index in [0.717, 1.165) is 0 Å². The molecule has 31 heavy (non-hydrogen) atoms. The summed E-state index contributed by atoms with van der Waals surface area (Å²) in [6.07, 6.45) is 2.83. The average Bonchev–Trinajstić information content (AvgIpc) is 3.49. The number of benzene rings is 1. The number of aliphatic hydroxyl groups is 1. The molecule has 4 rings (SSSR count). The third-order valence-corrected chi connectivity index (χ3v) is 5.09. The van der Waals surface area contributed by atoms with Crippen LogP contribution in [0.3, 0.4) is 0 Å². The van der Waals surface area contributed by atoms with Crippen LogP contribution in [-0.2, 0) is 11.4 Å². The summed E-state index contributed by atoms with van der Waals surface area (Å²) in [4.78, 5) is 27.8. The summed E-state index contributed by atoms with van der Waals surface area (Å²) in [6, 6.07) is 6.34. The Kier molecular flexibility index (Phi) is 5.94. The Balaban J connectivity index is 1.32. The quantitative estimate of drug-likeness (QED) is 0.529. The van der Waals surface area contributed by atoms with Crippen molar-refractivity contribution in [1.82, 2.24) is 25.6 Å². The predicted octanol–water partition coefficient (Wildman–Crippen LogP) is 0.775. The van der Waals surface area contributed by atoms with Crippen molar-refractivity contribution >= 4 is 17.5 Å². The van der Waals surface area contributed by atoms with Crippen molar-refractivity contribution in [3.63, 3.8) is 0 Å². The van der Waals surface area contributed by atoms with E-state index in [1.54, 1.807) is 23.1 Å². The van der Waals surface area contributed by atoms with Gasteiger partial charge in [-0.3, -0.25) is 14.7 Å². The molecule has 0 atom stereocenters. The van der Waals surface area contributed by atoms with Crippen molar-refractivity contribution < 1.29 is 23.6 Å². The minimum Gasteiger partial charge on any atom is -0.388 e. The molecule has 0 unspecified atom stereocenters. The van der Waals surface area contributed by atoms with Gasteiger partial charge in [0.25, 0.3) is 5.91 Å². The highest BCUT2D eigenvalue weighted by atomic mass is 19.1. The van der Waals surface area contributed by atoms with E-state index in [0.29, 0.717) is 54.4 Å². The molecule has 3 aromatic rings. The molecule has 162 valence electrons. The van der Waals surface area contributed by atoms with Crippen molar-refractivity contribution in [3.8, 4) is 11.3 Å². The van der Waals surface area contributed by atoms with Gasteiger partial charge in [-0.05, 0) is 12.1 Å². The second kappa shape index (κ2) is 8.96. The number of carbonyl (C=O) groups excluding carboxylic acids is 2. The second-order valence-corrected chi connectivity index (χ2v) is 7.04. The van der Waals surface area contributed by atoms with Crippen molar-refractivity contribution in [3.05, 3.63) is 53.8 Å². The lowest BCUT2D eigenvalue weighted by molar-refractivity contribution is -0.130. The topological polar surface area (TPSA) is 128 Å². The molecule has 1 saturated heterocycles. The molecular weight excluding hydrogens is 407 g/mol. The standard InChI is InChI=1S/C20H21FN6O4/c21-16-7-13(17-8-15(12-28)31-25-17)1-2-18(16)26-3-5-27(6-4-26)19(29)11-22-20(30)14-9-23-24-10-14/h1-2,7-10,28H,3-6,11-12H2,(H,22,30)(H,23,24). The molecule has 1 aliphatic rings. The maximum atomic E-state index is 14.7. The first-order valence-electron chi connectivity index (χ1n) is 9.71. The molecule has 1 aromatic carbocycles. The Labute approximate surface area is 176 Å². The Bertz CT molecular complexity index is 1060. The fourth-order valence-electron chi connectivity index (χ4n) is 3.39. The van der Waals surface area contributed by atoms with Gasteiger partial charge in [-0.2, -0.15) is 5.10 Å². The monoisotopic (exact) mass is 428 g/mol. The van der Waals surface area contributed by atoms with E-state index >= 15 is 0 Å². The fourth-order valence-corrected chi connectivity index (χ4v) is 3.39. The van der Waals surface area contributed by atoms with E-state index in [1.165, 1.54) is 18.5 Å². The lowest BCUT2D eigenvalue weighted by Gasteiger charge is -2.36. The number of rotatable bonds is 6. The van der Waals surface area contributed by atoms with E-state index in [2.05, 4.69) is 20.7 Å². The van der Waals surface area contributed by atoms with Crippen LogP contribution in [0.15, 0.2) is 41.2 Å². The number of hydrogen-bond donors (Lipinski definition) is 3. The fraction of sp³-hybridized carbons (Fsp3) is 0.300. The highest BCUT2D eigenvalue weighted by molar-refractivity contribution is 5.96. The zero-order valence-electron chi connectivity index (χ0n) is 16.5. The van der Waals surface area contributed by atoms with Gasteiger partial charge in [0.1, 0.15) is 18.1 Å². The summed E-state index contributed by atoms with van der Waals surface area (Å²) in [7, 11) is 0. The number of halogens is 1. The zero-order chi connectivity index (χ0) is 21.8. The number of amides is 2. The summed E-state index contributed by atoms with van der Waals surface area (Å²) in [6.45, 7) is 1.40. The smallest absolute Gasteiger partial charge is 0.254 e. The molecule has 0 saturated carbocycles. The molecule has 3 N–H and O–H groups in total. The first-order valence-corrected chi connectivity index (χ1v) is 9.71. The number of anilines is 1. The van der Waals surface area contributed by atoms with Crippen LogP contribution in [0.25, 0.3) is 11.3 Å². The van der Waals surface area contributed by atoms with Crippen LogP contribution < -0.4 is 10.2 Å². The number of hydrogen-bond acceptors (Lipinski definition) is 7. The van der Waals surface area contributed by atoms with Gasteiger partial charge in [-0.25, -0.2) is 4.39 Å². The number of nitrogens with one attached hydrogen (secondary N) is 2. The SMILES string of the molecule is O=C(NCC(=O)N1CCN(c2ccc(-c3cc(CO)on3)cc2F)CC1)c1cn[nH]c1. The van der Waals surface area contributed by atoms with Crippen LogP contribution in [0.1, 0.15) is 16.1 Å². The van der Waals surface area contributed by atoms with Crippen molar-refractivity contribution in [1.29, 1.82) is 0 Å². The minimum absolute atomic E-state index is 0.111. The number of aromatic amines is 1. The molecular formula is C20H21FN6O4. The second-order valence-electron chi connectivity index (χ2n) is 7.04. The summed E-state index contributed by atoms with van der Waals surface area (Å²) >= 11 is 0. The van der Waals surface area contributed by atoms with Gasteiger partial charge < -0.3 is 24.7 Å². The predicted molar refractivity (Wildman–Crippen MR) is 108 cm³/mol. The molecule has 1 aliphatic heterocycles. The number of carbonyl (C=O) groups is 2. The number of aliphatic hydroxyl groups excluding tert-OH is 1. The summed E-state index contributed by atoms with van der Waals surface area (Å²) in [5, 5.41) is 21.7. The third kappa shape index (κ3) is 4.56. The van der Waals surface area contributed by atoms with Gasteiger partial charge in [0.2, 0.25) is 5.91 Å². The van der Waals surface area contributed by atoms with Gasteiger partial charge in [0.05, 0.1) is 24.0 Å². The molecule has 10 nitrogen and oxygen atoms in total. The van der Waals surface area contributed by atoms with Crippen LogP contribution in [-0.4, -0.2) is 69.9 Å². The van der Waals surface area contributed by atoms with E-state index in [-0.39, 0.29) is 25.0 Å². The lowest BCUT2D eigenvalue weighted by atomic mass is 10.1. The largest absolute Gasteiger partial charge is 0.388 e. The molecule has 0 aliphatic carbocycles. The molecule has 11 heteroatoms. The lowest BCUT2D eigenvalue weighted by Crippen LogP contribution is -2.51. The van der Waals surface area contributed by atoms with Gasteiger partial charge in [0.15, 0.2) is 5.76 Å². The average molecular weight is 428 g/mol. The first kappa shape index (κ1) is 20.5. The third-order valence-electron chi connectivity index (χ3n) is 5.09. The number of H-pyrrole nitrogens is 1. The number of piperazine rings is 1. The van der Waals surface area contributed by atoms with Crippen molar-refractivity contribution in [2.24, 2.45) is 0 Å². The summed E-state index contributed by atoms with van der Waals surface area (Å²) in [5.41, 5.74) is 1.79. The molecule has 1 fully saturated rings. The van der Waals surface area contributed by atoms with Gasteiger partial charge >= 0.3 is 0 Å². The van der Waals surface area contributed by atoms with Gasteiger partial charge in [-0.1, -0.05) is 11.2 Å². The van der Waals surface area contributed by atoms with Crippen LogP contribution >= 0.6 is 0 Å². The normalized spacial score (nSPS) is 14.0. The summed E-state index contributed by atoms with van der Waals surface area (Å²) in [5.74, 6) is -0.668. The maximum absolute atomic E-state index is 14.7. The molecule has 0 radical (unpaired) electrons. The van der Waals surface area contributed by atoms with Crippen LogP contribution in [0.4, 0.5) is 10.1 Å². The van der Waals surface area contributed by atoms with Crippen LogP contribution in [0.2, 0.25) is 0 Å². The molecule has 2 amide bonds. The highest BCUT2D eigenvalue weighted by Gasteiger charge is 2.23. The summed E-state index contributed by atoms with van der Waals surface area (Å²) < 4.78 is 19.7. The first-order chi connectivity index (χ1) is 15.0.